The lowest BCUT2D eigenvalue weighted by molar-refractivity contribution is 0.146. The SMILES string of the molecule is Cc1c(N)cc(C(F)F)nc1I. The second-order valence-electron chi connectivity index (χ2n) is 2.35. The number of rotatable bonds is 1. The molecule has 66 valence electrons. The Bertz CT molecular complexity index is 278. The summed E-state index contributed by atoms with van der Waals surface area (Å²) in [7, 11) is 0. The molecule has 0 aromatic carbocycles. The fourth-order valence-corrected chi connectivity index (χ4v) is 1.32. The van der Waals surface area contributed by atoms with Gasteiger partial charge in [-0.05, 0) is 35.6 Å². The number of nitrogens with two attached hydrogens (primary N) is 1. The van der Waals surface area contributed by atoms with Crippen LogP contribution in [0.15, 0.2) is 6.07 Å². The lowest BCUT2D eigenvalue weighted by Gasteiger charge is -2.05. The molecule has 1 rings (SSSR count). The van der Waals surface area contributed by atoms with Gasteiger partial charge in [-0.3, -0.25) is 0 Å². The molecule has 0 atom stereocenters. The maximum atomic E-state index is 12.1. The highest BCUT2D eigenvalue weighted by molar-refractivity contribution is 14.1. The lowest BCUT2D eigenvalue weighted by Crippen LogP contribution is -2.00. The fourth-order valence-electron chi connectivity index (χ4n) is 0.728. The molecule has 0 spiro atoms. The van der Waals surface area contributed by atoms with Crippen molar-refractivity contribution in [3.05, 3.63) is 21.0 Å². The summed E-state index contributed by atoms with van der Waals surface area (Å²) in [5.41, 5.74) is 6.34. The van der Waals surface area contributed by atoms with Crippen molar-refractivity contribution in [1.29, 1.82) is 0 Å². The molecule has 1 aromatic rings. The fraction of sp³-hybridized carbons (Fsp3) is 0.286. The third kappa shape index (κ3) is 1.82. The molecule has 0 saturated heterocycles. The molecule has 0 bridgehead atoms. The predicted octanol–water partition coefficient (Wildman–Crippen LogP) is 2.51. The molecule has 0 aliphatic carbocycles. The van der Waals surface area contributed by atoms with E-state index in [0.717, 1.165) is 5.56 Å². The average Bonchev–Trinajstić information content (AvgIpc) is 1.99. The highest BCUT2D eigenvalue weighted by Crippen LogP contribution is 2.23. The molecule has 0 saturated carbocycles. The van der Waals surface area contributed by atoms with Gasteiger partial charge in [-0.15, -0.1) is 0 Å². The molecule has 2 nitrogen and oxygen atoms in total. The Morgan fingerprint density at radius 3 is 2.58 bits per heavy atom. The van der Waals surface area contributed by atoms with Crippen molar-refractivity contribution >= 4 is 28.3 Å². The Morgan fingerprint density at radius 2 is 2.17 bits per heavy atom. The van der Waals surface area contributed by atoms with Crippen molar-refractivity contribution in [1.82, 2.24) is 4.98 Å². The highest BCUT2D eigenvalue weighted by Gasteiger charge is 2.12. The van der Waals surface area contributed by atoms with E-state index in [4.69, 9.17) is 5.73 Å². The number of aromatic nitrogens is 1. The number of hydrogen-bond donors (Lipinski definition) is 1. The summed E-state index contributed by atoms with van der Waals surface area (Å²) in [6.07, 6.45) is -2.55. The molecular formula is C7H7F2IN2. The van der Waals surface area contributed by atoms with Gasteiger partial charge in [-0.25, -0.2) is 13.8 Å². The molecule has 0 amide bonds. The van der Waals surface area contributed by atoms with Crippen LogP contribution in [-0.2, 0) is 0 Å². The van der Waals surface area contributed by atoms with Gasteiger partial charge in [0.25, 0.3) is 6.43 Å². The summed E-state index contributed by atoms with van der Waals surface area (Å²) in [5, 5.41) is 0. The van der Waals surface area contributed by atoms with Crippen LogP contribution in [0.25, 0.3) is 0 Å². The highest BCUT2D eigenvalue weighted by atomic mass is 127. The topological polar surface area (TPSA) is 38.9 Å². The van der Waals surface area contributed by atoms with Crippen LogP contribution >= 0.6 is 22.6 Å². The minimum Gasteiger partial charge on any atom is -0.398 e. The van der Waals surface area contributed by atoms with Crippen LogP contribution in [0, 0.1) is 10.6 Å². The Morgan fingerprint density at radius 1 is 1.58 bits per heavy atom. The van der Waals surface area contributed by atoms with Gasteiger partial charge in [0.1, 0.15) is 9.39 Å². The Labute approximate surface area is 82.3 Å². The van der Waals surface area contributed by atoms with Crippen LogP contribution in [0.4, 0.5) is 14.5 Å². The number of pyridine rings is 1. The molecule has 0 unspecified atom stereocenters. The van der Waals surface area contributed by atoms with Gasteiger partial charge < -0.3 is 5.73 Å². The molecule has 0 aliphatic rings. The first kappa shape index (κ1) is 9.63. The lowest BCUT2D eigenvalue weighted by atomic mass is 10.2. The zero-order chi connectivity index (χ0) is 9.30. The first-order valence-corrected chi connectivity index (χ1v) is 4.31. The van der Waals surface area contributed by atoms with Crippen LogP contribution in [0.1, 0.15) is 17.7 Å². The van der Waals surface area contributed by atoms with Crippen LogP contribution in [0.3, 0.4) is 0 Å². The molecule has 0 fully saturated rings. The number of nitrogen functional groups attached to an aromatic ring is 1. The number of nitrogens with zero attached hydrogens (tertiary/aromatic N) is 1. The van der Waals surface area contributed by atoms with E-state index in [-0.39, 0.29) is 5.69 Å². The van der Waals surface area contributed by atoms with E-state index in [1.165, 1.54) is 6.07 Å². The van der Waals surface area contributed by atoms with Gasteiger partial charge >= 0.3 is 0 Å². The molecular weight excluding hydrogens is 277 g/mol. The van der Waals surface area contributed by atoms with Crippen molar-refractivity contribution < 1.29 is 8.78 Å². The van der Waals surface area contributed by atoms with Gasteiger partial charge in [0.05, 0.1) is 0 Å². The molecule has 12 heavy (non-hydrogen) atoms. The zero-order valence-corrected chi connectivity index (χ0v) is 8.47. The van der Waals surface area contributed by atoms with E-state index in [9.17, 15) is 8.78 Å². The maximum Gasteiger partial charge on any atom is 0.280 e. The number of halogens is 3. The Balaban J connectivity index is 3.21. The number of anilines is 1. The molecule has 5 heteroatoms. The van der Waals surface area contributed by atoms with Crippen molar-refractivity contribution in [2.24, 2.45) is 0 Å². The van der Waals surface area contributed by atoms with E-state index in [1.807, 2.05) is 22.6 Å². The number of alkyl halides is 2. The molecule has 0 aliphatic heterocycles. The summed E-state index contributed by atoms with van der Waals surface area (Å²) in [4.78, 5) is 3.69. The van der Waals surface area contributed by atoms with Crippen molar-refractivity contribution in [2.75, 3.05) is 5.73 Å². The van der Waals surface area contributed by atoms with Crippen molar-refractivity contribution in [3.8, 4) is 0 Å². The zero-order valence-electron chi connectivity index (χ0n) is 6.31. The van der Waals surface area contributed by atoms with Gasteiger partial charge in [-0.2, -0.15) is 0 Å². The molecule has 2 N–H and O–H groups in total. The van der Waals surface area contributed by atoms with Gasteiger partial charge in [-0.1, -0.05) is 0 Å². The van der Waals surface area contributed by atoms with E-state index in [2.05, 4.69) is 4.98 Å². The molecule has 1 aromatic heterocycles. The Kier molecular flexibility index (Phi) is 2.81. The first-order chi connectivity index (χ1) is 5.52. The van der Waals surface area contributed by atoms with Gasteiger partial charge in [0.2, 0.25) is 0 Å². The summed E-state index contributed by atoms with van der Waals surface area (Å²) in [6, 6.07) is 1.21. The normalized spacial score (nSPS) is 10.8. The van der Waals surface area contributed by atoms with Crippen LogP contribution in [-0.4, -0.2) is 4.98 Å². The van der Waals surface area contributed by atoms with Gasteiger partial charge in [0, 0.05) is 11.3 Å². The van der Waals surface area contributed by atoms with Crippen molar-refractivity contribution in [3.63, 3.8) is 0 Å². The first-order valence-electron chi connectivity index (χ1n) is 3.23. The van der Waals surface area contributed by atoms with Crippen molar-refractivity contribution in [2.45, 2.75) is 13.3 Å². The maximum absolute atomic E-state index is 12.1. The second-order valence-corrected chi connectivity index (χ2v) is 3.37. The van der Waals surface area contributed by atoms with E-state index in [1.54, 1.807) is 6.92 Å². The predicted molar refractivity (Wildman–Crippen MR) is 51.1 cm³/mol. The van der Waals surface area contributed by atoms with Crippen LogP contribution in [0.2, 0.25) is 0 Å². The average molecular weight is 284 g/mol. The minimum absolute atomic E-state index is 0.262. The minimum atomic E-state index is -2.55. The standard InChI is InChI=1S/C7H7F2IN2/c1-3-4(11)2-5(6(8)9)12-7(3)10/h2,6H,1H3,(H2,11,12). The monoisotopic (exact) mass is 284 g/mol. The largest absolute Gasteiger partial charge is 0.398 e. The van der Waals surface area contributed by atoms with E-state index >= 15 is 0 Å². The summed E-state index contributed by atoms with van der Waals surface area (Å²) >= 11 is 1.88. The summed E-state index contributed by atoms with van der Waals surface area (Å²) in [5.74, 6) is 0. The van der Waals surface area contributed by atoms with E-state index in [0.29, 0.717) is 9.39 Å². The molecule has 0 radical (unpaired) electrons. The van der Waals surface area contributed by atoms with E-state index < -0.39 is 6.43 Å². The molecule has 1 heterocycles. The van der Waals surface area contributed by atoms with Gasteiger partial charge in [0.15, 0.2) is 0 Å². The quantitative estimate of drug-likeness (QED) is 0.635. The smallest absolute Gasteiger partial charge is 0.280 e. The summed E-state index contributed by atoms with van der Waals surface area (Å²) in [6.45, 7) is 1.75. The third-order valence-electron chi connectivity index (χ3n) is 1.50. The Hall–Kier alpha value is -0.460. The third-order valence-corrected chi connectivity index (χ3v) is 2.55. The number of hydrogen-bond acceptors (Lipinski definition) is 2. The summed E-state index contributed by atoms with van der Waals surface area (Å²) < 4.78 is 24.8. The van der Waals surface area contributed by atoms with Crippen LogP contribution < -0.4 is 5.73 Å². The van der Waals surface area contributed by atoms with Crippen LogP contribution in [0.5, 0.6) is 0 Å². The second kappa shape index (κ2) is 3.51.